The minimum Gasteiger partial charge on any atom is -0.311 e. The lowest BCUT2D eigenvalue weighted by Gasteiger charge is -2.21. The van der Waals surface area contributed by atoms with E-state index in [0.717, 1.165) is 22.4 Å². The molecule has 0 N–H and O–H groups in total. The van der Waals surface area contributed by atoms with Gasteiger partial charge in [-0.3, -0.25) is 14.2 Å². The van der Waals surface area contributed by atoms with Crippen LogP contribution in [-0.2, 0) is 11.3 Å². The van der Waals surface area contributed by atoms with Gasteiger partial charge >= 0.3 is 0 Å². The second-order valence-electron chi connectivity index (χ2n) is 6.85. The van der Waals surface area contributed by atoms with E-state index in [1.807, 2.05) is 73.8 Å². The molecule has 6 heteroatoms. The molecule has 0 aliphatic carbocycles. The maximum atomic E-state index is 13.2. The number of para-hydroxylation sites is 1. The fourth-order valence-corrected chi connectivity index (χ4v) is 4.27. The predicted octanol–water partition coefficient (Wildman–Crippen LogP) is 4.49. The van der Waals surface area contributed by atoms with Crippen LogP contribution >= 0.6 is 11.3 Å². The second-order valence-corrected chi connectivity index (χ2v) is 7.70. The highest BCUT2D eigenvalue weighted by Gasteiger charge is 2.18. The van der Waals surface area contributed by atoms with E-state index in [4.69, 9.17) is 0 Å². The van der Waals surface area contributed by atoms with E-state index in [2.05, 4.69) is 4.98 Å². The minimum absolute atomic E-state index is 0.0479. The quantitative estimate of drug-likeness (QED) is 0.493. The smallest absolute Gasteiger partial charge is 0.263 e. The van der Waals surface area contributed by atoms with Crippen molar-refractivity contribution in [1.29, 1.82) is 0 Å². The summed E-state index contributed by atoms with van der Waals surface area (Å²) in [5.41, 5.74) is 3.63. The number of benzene rings is 2. The number of hydrogen-bond acceptors (Lipinski definition) is 4. The molecule has 4 aromatic rings. The molecule has 0 atom stereocenters. The zero-order valence-electron chi connectivity index (χ0n) is 16.3. The Bertz CT molecular complexity index is 1210. The van der Waals surface area contributed by atoms with Gasteiger partial charge in [0.05, 0.1) is 11.7 Å². The van der Waals surface area contributed by atoms with Crippen molar-refractivity contribution in [1.82, 2.24) is 9.55 Å². The number of aromatic nitrogens is 2. The minimum atomic E-state index is -0.190. The Kier molecular flexibility index (Phi) is 5.27. The number of carbonyl (C=O) groups excluding carboxylic acids is 1. The van der Waals surface area contributed by atoms with Crippen molar-refractivity contribution in [3.8, 4) is 11.1 Å². The Labute approximate surface area is 172 Å². The Morgan fingerprint density at radius 2 is 1.83 bits per heavy atom. The van der Waals surface area contributed by atoms with Crippen LogP contribution in [-0.4, -0.2) is 22.0 Å². The highest BCUT2D eigenvalue weighted by Crippen LogP contribution is 2.30. The van der Waals surface area contributed by atoms with Gasteiger partial charge in [-0.15, -0.1) is 11.3 Å². The third-order valence-electron chi connectivity index (χ3n) is 4.91. The van der Waals surface area contributed by atoms with Gasteiger partial charge in [-0.25, -0.2) is 4.98 Å². The van der Waals surface area contributed by atoms with Gasteiger partial charge in [-0.05, 0) is 31.5 Å². The normalized spacial score (nSPS) is 11.0. The van der Waals surface area contributed by atoms with Gasteiger partial charge in [0, 0.05) is 23.2 Å². The van der Waals surface area contributed by atoms with Crippen LogP contribution in [0.4, 0.5) is 5.69 Å². The first-order chi connectivity index (χ1) is 14.1. The molecule has 0 saturated heterocycles. The molecule has 0 aliphatic heterocycles. The van der Waals surface area contributed by atoms with Crippen LogP contribution in [0.2, 0.25) is 0 Å². The number of hydrogen-bond donors (Lipinski definition) is 0. The number of carbonyl (C=O) groups is 1. The summed E-state index contributed by atoms with van der Waals surface area (Å²) in [5, 5.41) is 2.52. The molecule has 2 aromatic carbocycles. The summed E-state index contributed by atoms with van der Waals surface area (Å²) in [7, 11) is 0. The molecule has 0 fully saturated rings. The van der Waals surface area contributed by atoms with Crippen LogP contribution in [0.1, 0.15) is 12.5 Å². The van der Waals surface area contributed by atoms with Crippen LogP contribution in [0, 0.1) is 6.92 Å². The first-order valence-corrected chi connectivity index (χ1v) is 10.4. The lowest BCUT2D eigenvalue weighted by molar-refractivity contribution is -0.119. The van der Waals surface area contributed by atoms with E-state index < -0.39 is 0 Å². The monoisotopic (exact) mass is 403 g/mol. The van der Waals surface area contributed by atoms with Crippen molar-refractivity contribution in [2.75, 3.05) is 11.4 Å². The molecule has 29 heavy (non-hydrogen) atoms. The largest absolute Gasteiger partial charge is 0.311 e. The molecule has 5 nitrogen and oxygen atoms in total. The summed E-state index contributed by atoms with van der Waals surface area (Å²) in [6, 6.07) is 17.5. The lowest BCUT2D eigenvalue weighted by atomic mass is 10.1. The van der Waals surface area contributed by atoms with E-state index >= 15 is 0 Å². The summed E-state index contributed by atoms with van der Waals surface area (Å²) in [6.45, 7) is 4.43. The molecule has 1 amide bonds. The van der Waals surface area contributed by atoms with Crippen LogP contribution in [0.25, 0.3) is 21.3 Å². The standard InChI is InChI=1S/C23H21N3O2S/c1-3-26(18-7-5-4-6-8-18)20(27)13-25-15-24-22-21(23(25)28)19(14-29-22)17-11-9-16(2)10-12-17/h4-12,14-15H,3,13H2,1-2H3. The van der Waals surface area contributed by atoms with Gasteiger partial charge < -0.3 is 4.90 Å². The van der Waals surface area contributed by atoms with Crippen molar-refractivity contribution < 1.29 is 4.79 Å². The van der Waals surface area contributed by atoms with Crippen LogP contribution < -0.4 is 10.5 Å². The molecular weight excluding hydrogens is 382 g/mol. The summed E-state index contributed by atoms with van der Waals surface area (Å²) >= 11 is 1.44. The van der Waals surface area contributed by atoms with Crippen molar-refractivity contribution in [2.24, 2.45) is 0 Å². The average Bonchev–Trinajstić information content (AvgIpc) is 3.17. The number of likely N-dealkylation sites (N-methyl/N-ethyl adjacent to an activating group) is 1. The average molecular weight is 404 g/mol. The molecule has 0 spiro atoms. The Morgan fingerprint density at radius 1 is 1.10 bits per heavy atom. The van der Waals surface area contributed by atoms with Crippen LogP contribution in [0.5, 0.6) is 0 Å². The number of thiophene rings is 1. The molecule has 0 radical (unpaired) electrons. The highest BCUT2D eigenvalue weighted by atomic mass is 32.1. The number of anilines is 1. The van der Waals surface area contributed by atoms with Crippen LogP contribution in [0.3, 0.4) is 0 Å². The van der Waals surface area contributed by atoms with Gasteiger partial charge in [-0.2, -0.15) is 0 Å². The van der Waals surface area contributed by atoms with Gasteiger partial charge in [0.15, 0.2) is 0 Å². The van der Waals surface area contributed by atoms with E-state index in [0.29, 0.717) is 16.8 Å². The number of rotatable bonds is 5. The lowest BCUT2D eigenvalue weighted by Crippen LogP contribution is -2.36. The number of fused-ring (bicyclic) bond motifs is 1. The molecule has 4 rings (SSSR count). The van der Waals surface area contributed by atoms with Crippen molar-refractivity contribution in [2.45, 2.75) is 20.4 Å². The molecule has 0 aliphatic rings. The van der Waals surface area contributed by atoms with E-state index in [9.17, 15) is 9.59 Å². The Morgan fingerprint density at radius 3 is 2.52 bits per heavy atom. The highest BCUT2D eigenvalue weighted by molar-refractivity contribution is 7.17. The third kappa shape index (κ3) is 3.71. The second kappa shape index (κ2) is 8.01. The summed E-state index contributed by atoms with van der Waals surface area (Å²) in [6.07, 6.45) is 1.47. The molecule has 2 aromatic heterocycles. The zero-order valence-corrected chi connectivity index (χ0v) is 17.1. The first kappa shape index (κ1) is 19.1. The van der Waals surface area contributed by atoms with Gasteiger partial charge in [0.2, 0.25) is 5.91 Å². The van der Waals surface area contributed by atoms with E-state index in [1.54, 1.807) is 4.90 Å². The van der Waals surface area contributed by atoms with Crippen LogP contribution in [0.15, 0.2) is 71.1 Å². The summed E-state index contributed by atoms with van der Waals surface area (Å²) in [4.78, 5) is 32.9. The van der Waals surface area contributed by atoms with Crippen molar-refractivity contribution in [3.05, 3.63) is 82.2 Å². The molecule has 0 unspecified atom stereocenters. The maximum Gasteiger partial charge on any atom is 0.263 e. The fourth-order valence-electron chi connectivity index (χ4n) is 3.37. The molecule has 146 valence electrons. The predicted molar refractivity (Wildman–Crippen MR) is 119 cm³/mol. The first-order valence-electron chi connectivity index (χ1n) is 9.47. The molecule has 0 saturated carbocycles. The molecule has 2 heterocycles. The summed E-state index contributed by atoms with van der Waals surface area (Å²) in [5.74, 6) is -0.144. The van der Waals surface area contributed by atoms with E-state index in [1.165, 1.54) is 22.2 Å². The molecular formula is C23H21N3O2S. The Balaban J connectivity index is 1.71. The van der Waals surface area contributed by atoms with E-state index in [-0.39, 0.29) is 18.0 Å². The number of aryl methyl sites for hydroxylation is 1. The van der Waals surface area contributed by atoms with Crippen molar-refractivity contribution in [3.63, 3.8) is 0 Å². The number of amides is 1. The number of nitrogens with zero attached hydrogens (tertiary/aromatic N) is 3. The fraction of sp³-hybridized carbons (Fsp3) is 0.174. The SMILES string of the molecule is CCN(C(=O)Cn1cnc2scc(-c3ccc(C)cc3)c2c1=O)c1ccccc1. The van der Waals surface area contributed by atoms with Gasteiger partial charge in [-0.1, -0.05) is 48.0 Å². The molecule has 0 bridgehead atoms. The van der Waals surface area contributed by atoms with Gasteiger partial charge in [0.25, 0.3) is 5.56 Å². The van der Waals surface area contributed by atoms with Gasteiger partial charge in [0.1, 0.15) is 11.4 Å². The summed E-state index contributed by atoms with van der Waals surface area (Å²) < 4.78 is 1.40. The van der Waals surface area contributed by atoms with Crippen molar-refractivity contribution >= 4 is 33.1 Å². The zero-order chi connectivity index (χ0) is 20.4. The Hall–Kier alpha value is -3.25. The maximum absolute atomic E-state index is 13.2. The topological polar surface area (TPSA) is 55.2 Å². The third-order valence-corrected chi connectivity index (χ3v) is 5.80.